The third-order valence-electron chi connectivity index (χ3n) is 4.77. The van der Waals surface area contributed by atoms with Crippen LogP contribution in [0.4, 0.5) is 0 Å². The van der Waals surface area contributed by atoms with Crippen LogP contribution in [-0.4, -0.2) is 4.40 Å². The molecular weight excluding hydrogens is 306 g/mol. The lowest BCUT2D eigenvalue weighted by molar-refractivity contribution is 1.14. The summed E-state index contributed by atoms with van der Waals surface area (Å²) in [5.41, 5.74) is 2.93. The fourth-order valence-electron chi connectivity index (χ4n) is 3.59. The summed E-state index contributed by atoms with van der Waals surface area (Å²) in [6, 6.07) is 30.3. The average Bonchev–Trinajstić information content (AvgIpc) is 2.68. The van der Waals surface area contributed by atoms with Crippen molar-refractivity contribution < 1.29 is 0 Å². The van der Waals surface area contributed by atoms with Crippen LogP contribution in [0.5, 0.6) is 0 Å². The van der Waals surface area contributed by atoms with E-state index in [9.17, 15) is 4.79 Å². The first-order valence-corrected chi connectivity index (χ1v) is 8.35. The van der Waals surface area contributed by atoms with Gasteiger partial charge >= 0.3 is 0 Å². The second-order valence-electron chi connectivity index (χ2n) is 6.24. The highest BCUT2D eigenvalue weighted by Crippen LogP contribution is 2.29. The molecule has 2 aromatic heterocycles. The standard InChI is InChI=1S/C23H15NO/c25-23-20-13-7-5-11-18(20)15-22-19-12-6-4-10-17(19)14-21(24(22)23)16-8-2-1-3-9-16/h1-15H. The molecule has 0 atom stereocenters. The van der Waals surface area contributed by atoms with E-state index in [-0.39, 0.29) is 5.56 Å². The summed E-state index contributed by atoms with van der Waals surface area (Å²) in [5, 5.41) is 3.94. The van der Waals surface area contributed by atoms with Crippen molar-refractivity contribution >= 4 is 27.1 Å². The Hall–Kier alpha value is -3.39. The topological polar surface area (TPSA) is 21.5 Å². The molecule has 0 fully saturated rings. The molecule has 25 heavy (non-hydrogen) atoms. The maximum atomic E-state index is 13.3. The smallest absolute Gasteiger partial charge is 0.263 e. The van der Waals surface area contributed by atoms with Gasteiger partial charge in [-0.25, -0.2) is 0 Å². The third-order valence-corrected chi connectivity index (χ3v) is 4.77. The zero-order chi connectivity index (χ0) is 16.8. The fourth-order valence-corrected chi connectivity index (χ4v) is 3.59. The van der Waals surface area contributed by atoms with Crippen LogP contribution in [0.1, 0.15) is 0 Å². The molecule has 0 radical (unpaired) electrons. The van der Waals surface area contributed by atoms with E-state index in [4.69, 9.17) is 0 Å². The number of fused-ring (bicyclic) bond motifs is 4. The van der Waals surface area contributed by atoms with Gasteiger partial charge in [0.25, 0.3) is 5.56 Å². The molecule has 2 heterocycles. The van der Waals surface area contributed by atoms with Gasteiger partial charge in [-0.2, -0.15) is 0 Å². The maximum absolute atomic E-state index is 13.3. The highest BCUT2D eigenvalue weighted by atomic mass is 16.1. The minimum Gasteiger partial charge on any atom is -0.276 e. The van der Waals surface area contributed by atoms with E-state index in [2.05, 4.69) is 24.3 Å². The first-order chi connectivity index (χ1) is 12.3. The molecule has 5 rings (SSSR count). The number of benzene rings is 3. The Morgan fingerprint density at radius 2 is 1.20 bits per heavy atom. The molecule has 0 unspecified atom stereocenters. The summed E-state index contributed by atoms with van der Waals surface area (Å²) in [5.74, 6) is 0. The van der Waals surface area contributed by atoms with Crippen molar-refractivity contribution in [2.75, 3.05) is 0 Å². The van der Waals surface area contributed by atoms with Crippen molar-refractivity contribution in [3.05, 3.63) is 101 Å². The lowest BCUT2D eigenvalue weighted by atomic mass is 10.0. The van der Waals surface area contributed by atoms with Crippen LogP contribution in [0.3, 0.4) is 0 Å². The molecule has 0 aliphatic rings. The van der Waals surface area contributed by atoms with Crippen molar-refractivity contribution in [1.82, 2.24) is 4.40 Å². The lowest BCUT2D eigenvalue weighted by Gasteiger charge is -2.14. The first kappa shape index (κ1) is 14.0. The zero-order valence-corrected chi connectivity index (χ0v) is 13.5. The molecule has 0 aliphatic carbocycles. The normalized spacial score (nSPS) is 11.4. The van der Waals surface area contributed by atoms with Gasteiger partial charge in [-0.3, -0.25) is 9.20 Å². The SMILES string of the molecule is O=c1c2ccccc2cc2c3ccccc3cc(-c3ccccc3)n12. The van der Waals surface area contributed by atoms with Gasteiger partial charge in [0.15, 0.2) is 0 Å². The molecule has 0 bridgehead atoms. The molecule has 0 N–H and O–H groups in total. The van der Waals surface area contributed by atoms with Crippen molar-refractivity contribution in [3.63, 3.8) is 0 Å². The van der Waals surface area contributed by atoms with Crippen molar-refractivity contribution in [1.29, 1.82) is 0 Å². The van der Waals surface area contributed by atoms with Crippen LogP contribution >= 0.6 is 0 Å². The summed E-state index contributed by atoms with van der Waals surface area (Å²) >= 11 is 0. The average molecular weight is 321 g/mol. The van der Waals surface area contributed by atoms with Gasteiger partial charge in [0.1, 0.15) is 0 Å². The van der Waals surface area contributed by atoms with Gasteiger partial charge in [-0.1, -0.05) is 72.8 Å². The van der Waals surface area contributed by atoms with Crippen molar-refractivity contribution in [2.24, 2.45) is 0 Å². The maximum Gasteiger partial charge on any atom is 0.263 e. The Balaban J connectivity index is 2.09. The Morgan fingerprint density at radius 1 is 0.600 bits per heavy atom. The predicted octanol–water partition coefficient (Wildman–Crippen LogP) is 5.27. The quantitative estimate of drug-likeness (QED) is 0.304. The van der Waals surface area contributed by atoms with Crippen LogP contribution < -0.4 is 5.56 Å². The fraction of sp³-hybridized carbons (Fsp3) is 0. The number of hydrogen-bond acceptors (Lipinski definition) is 1. The molecule has 0 amide bonds. The Bertz CT molecular complexity index is 1300. The molecule has 2 heteroatoms. The second-order valence-corrected chi connectivity index (χ2v) is 6.24. The molecule has 2 nitrogen and oxygen atoms in total. The van der Waals surface area contributed by atoms with Gasteiger partial charge < -0.3 is 0 Å². The van der Waals surface area contributed by atoms with E-state index in [0.29, 0.717) is 0 Å². The van der Waals surface area contributed by atoms with Gasteiger partial charge in [0.05, 0.1) is 11.2 Å². The third kappa shape index (κ3) is 2.08. The number of aromatic nitrogens is 1. The number of hydrogen-bond donors (Lipinski definition) is 0. The van der Waals surface area contributed by atoms with Crippen LogP contribution in [0.15, 0.2) is 95.8 Å². The predicted molar refractivity (Wildman–Crippen MR) is 104 cm³/mol. The van der Waals surface area contributed by atoms with E-state index in [1.165, 1.54) is 0 Å². The summed E-state index contributed by atoms with van der Waals surface area (Å²) in [6.45, 7) is 0. The molecule has 0 aliphatic heterocycles. The van der Waals surface area contributed by atoms with Gasteiger partial charge in [0, 0.05) is 10.8 Å². The monoisotopic (exact) mass is 321 g/mol. The highest BCUT2D eigenvalue weighted by Gasteiger charge is 2.12. The zero-order valence-electron chi connectivity index (χ0n) is 13.5. The first-order valence-electron chi connectivity index (χ1n) is 8.35. The summed E-state index contributed by atoms with van der Waals surface area (Å²) in [4.78, 5) is 13.3. The lowest BCUT2D eigenvalue weighted by Crippen LogP contribution is -2.16. The second kappa shape index (κ2) is 5.32. The van der Waals surface area contributed by atoms with Crippen LogP contribution in [0, 0.1) is 0 Å². The molecule has 0 saturated heterocycles. The minimum absolute atomic E-state index is 0.0257. The number of pyridine rings is 2. The molecule has 118 valence electrons. The van der Waals surface area contributed by atoms with E-state index >= 15 is 0 Å². The summed E-state index contributed by atoms with van der Waals surface area (Å²) in [6.07, 6.45) is 0. The number of nitrogens with zero attached hydrogens (tertiary/aromatic N) is 1. The highest BCUT2D eigenvalue weighted by molar-refractivity contribution is 6.02. The van der Waals surface area contributed by atoms with Crippen LogP contribution in [-0.2, 0) is 0 Å². The van der Waals surface area contributed by atoms with E-state index in [0.717, 1.165) is 38.3 Å². The molecular formula is C23H15NO. The van der Waals surface area contributed by atoms with Gasteiger partial charge in [0.2, 0.25) is 0 Å². The largest absolute Gasteiger partial charge is 0.276 e. The van der Waals surface area contributed by atoms with Crippen molar-refractivity contribution in [3.8, 4) is 11.3 Å². The van der Waals surface area contributed by atoms with Crippen LogP contribution in [0.25, 0.3) is 38.3 Å². The summed E-state index contributed by atoms with van der Waals surface area (Å²) < 4.78 is 1.85. The molecule has 3 aromatic carbocycles. The van der Waals surface area contributed by atoms with Crippen molar-refractivity contribution in [2.45, 2.75) is 0 Å². The van der Waals surface area contributed by atoms with E-state index in [1.54, 1.807) is 0 Å². The Morgan fingerprint density at radius 3 is 1.96 bits per heavy atom. The van der Waals surface area contributed by atoms with E-state index in [1.807, 2.05) is 71.1 Å². The number of rotatable bonds is 1. The van der Waals surface area contributed by atoms with Gasteiger partial charge in [-0.05, 0) is 34.5 Å². The Kier molecular flexibility index (Phi) is 2.98. The molecule has 0 spiro atoms. The Labute approximate surface area is 144 Å². The van der Waals surface area contributed by atoms with Crippen LogP contribution in [0.2, 0.25) is 0 Å². The summed E-state index contributed by atoms with van der Waals surface area (Å²) in [7, 11) is 0. The van der Waals surface area contributed by atoms with Gasteiger partial charge in [-0.15, -0.1) is 0 Å². The van der Waals surface area contributed by atoms with E-state index < -0.39 is 0 Å². The molecule has 5 aromatic rings. The minimum atomic E-state index is 0.0257. The molecule has 0 saturated carbocycles.